The van der Waals surface area contributed by atoms with Gasteiger partial charge in [-0.2, -0.15) is 4.31 Å². The van der Waals surface area contributed by atoms with Gasteiger partial charge in [-0.15, -0.1) is 0 Å². The van der Waals surface area contributed by atoms with Crippen molar-refractivity contribution in [3.8, 4) is 5.75 Å². The number of likely N-dealkylation sites (N-methyl/N-ethyl adjacent to an activating group) is 1. The number of benzene rings is 2. The Labute approximate surface area is 165 Å². The summed E-state index contributed by atoms with van der Waals surface area (Å²) in [5.74, 6) is -3.16. The highest BCUT2D eigenvalue weighted by molar-refractivity contribution is 7.89. The van der Waals surface area contributed by atoms with Gasteiger partial charge in [0, 0.05) is 12.6 Å². The molecule has 0 aliphatic carbocycles. The third-order valence-corrected chi connectivity index (χ3v) is 5.80. The molecule has 0 atom stereocenters. The summed E-state index contributed by atoms with van der Waals surface area (Å²) in [6.45, 7) is 0.508. The Morgan fingerprint density at radius 2 is 1.86 bits per heavy atom. The topological polar surface area (TPSA) is 119 Å². The first kappa shape index (κ1) is 22.2. The summed E-state index contributed by atoms with van der Waals surface area (Å²) in [6, 6.07) is 6.00. The van der Waals surface area contributed by atoms with E-state index in [9.17, 15) is 32.1 Å². The highest BCUT2D eigenvalue weighted by Gasteiger charge is 2.29. The van der Waals surface area contributed by atoms with Crippen LogP contribution >= 0.6 is 0 Å². The zero-order chi connectivity index (χ0) is 21.8. The van der Waals surface area contributed by atoms with Crippen LogP contribution in [0.5, 0.6) is 5.75 Å². The Morgan fingerprint density at radius 3 is 2.38 bits per heavy atom. The van der Waals surface area contributed by atoms with Gasteiger partial charge in [0.2, 0.25) is 15.9 Å². The van der Waals surface area contributed by atoms with Gasteiger partial charge in [0.25, 0.3) is 0 Å². The van der Waals surface area contributed by atoms with E-state index in [0.29, 0.717) is 4.31 Å². The second kappa shape index (κ2) is 8.92. The Bertz CT molecular complexity index is 1030. The van der Waals surface area contributed by atoms with Crippen LogP contribution in [-0.2, 0) is 14.8 Å². The number of halogens is 2. The molecule has 29 heavy (non-hydrogen) atoms. The first-order valence-electron chi connectivity index (χ1n) is 8.18. The Kier molecular flexibility index (Phi) is 6.82. The van der Waals surface area contributed by atoms with Gasteiger partial charge in [-0.3, -0.25) is 14.9 Å². The Morgan fingerprint density at radius 1 is 1.24 bits per heavy atom. The second-order valence-corrected chi connectivity index (χ2v) is 7.60. The van der Waals surface area contributed by atoms with Crippen molar-refractivity contribution in [3.05, 3.63) is 58.1 Å². The van der Waals surface area contributed by atoms with Crippen LogP contribution in [0.1, 0.15) is 6.92 Å². The van der Waals surface area contributed by atoms with E-state index in [0.717, 1.165) is 36.4 Å². The predicted molar refractivity (Wildman–Crippen MR) is 99.1 cm³/mol. The van der Waals surface area contributed by atoms with Crippen LogP contribution in [0.2, 0.25) is 0 Å². The average molecular weight is 429 g/mol. The molecular formula is C17H17F2N3O6S. The summed E-state index contributed by atoms with van der Waals surface area (Å²) in [5, 5.41) is 13.1. The molecule has 12 heteroatoms. The maximum Gasteiger partial charge on any atom is 0.312 e. The van der Waals surface area contributed by atoms with Gasteiger partial charge in [-0.1, -0.05) is 13.0 Å². The van der Waals surface area contributed by atoms with E-state index in [-0.39, 0.29) is 12.3 Å². The largest absolute Gasteiger partial charge is 0.490 e. The number of amides is 1. The molecule has 0 saturated heterocycles. The number of para-hydroxylation sites is 1. The van der Waals surface area contributed by atoms with E-state index in [1.54, 1.807) is 0 Å². The summed E-state index contributed by atoms with van der Waals surface area (Å²) in [4.78, 5) is 22.0. The Balaban J connectivity index is 2.29. The van der Waals surface area contributed by atoms with Gasteiger partial charge in [0.1, 0.15) is 17.3 Å². The van der Waals surface area contributed by atoms with Crippen molar-refractivity contribution >= 4 is 27.3 Å². The van der Waals surface area contributed by atoms with Crippen LogP contribution in [0.15, 0.2) is 41.3 Å². The number of nitro groups is 1. The normalized spacial score (nSPS) is 11.3. The lowest BCUT2D eigenvalue weighted by atomic mass is 10.3. The molecule has 0 spiro atoms. The highest BCUT2D eigenvalue weighted by atomic mass is 32.2. The zero-order valence-corrected chi connectivity index (χ0v) is 16.2. The molecule has 0 fully saturated rings. The fourth-order valence-electron chi connectivity index (χ4n) is 2.45. The Hall–Kier alpha value is -3.12. The predicted octanol–water partition coefficient (Wildman–Crippen LogP) is 2.53. The SMILES string of the molecule is CCN(CC(=O)Nc1c(F)cccc1F)S(=O)(=O)c1ccc(OC)c([N+](=O)[O-])c1. The quantitative estimate of drug-likeness (QED) is 0.509. The molecule has 0 aliphatic heterocycles. The minimum absolute atomic E-state index is 0.134. The van der Waals surface area contributed by atoms with Crippen molar-refractivity contribution in [2.75, 3.05) is 25.5 Å². The molecule has 9 nitrogen and oxygen atoms in total. The van der Waals surface area contributed by atoms with Crippen LogP contribution in [0, 0.1) is 21.7 Å². The molecule has 0 saturated carbocycles. The van der Waals surface area contributed by atoms with Crippen molar-refractivity contribution < 1.29 is 31.7 Å². The molecule has 0 radical (unpaired) electrons. The number of anilines is 1. The van der Waals surface area contributed by atoms with Crippen molar-refractivity contribution in [2.45, 2.75) is 11.8 Å². The number of nitro benzene ring substituents is 1. The van der Waals surface area contributed by atoms with E-state index in [2.05, 4.69) is 0 Å². The molecular weight excluding hydrogens is 412 g/mol. The van der Waals surface area contributed by atoms with Crippen molar-refractivity contribution in [3.63, 3.8) is 0 Å². The number of carbonyl (C=O) groups is 1. The smallest absolute Gasteiger partial charge is 0.312 e. The minimum atomic E-state index is -4.31. The molecule has 0 bridgehead atoms. The minimum Gasteiger partial charge on any atom is -0.490 e. The number of hydrogen-bond acceptors (Lipinski definition) is 6. The number of nitrogens with zero attached hydrogens (tertiary/aromatic N) is 2. The fraction of sp³-hybridized carbons (Fsp3) is 0.235. The maximum atomic E-state index is 13.7. The lowest BCUT2D eigenvalue weighted by molar-refractivity contribution is -0.386. The van der Waals surface area contributed by atoms with E-state index < -0.39 is 55.3 Å². The van der Waals surface area contributed by atoms with E-state index in [4.69, 9.17) is 4.74 Å². The number of ether oxygens (including phenoxy) is 1. The van der Waals surface area contributed by atoms with Gasteiger partial charge in [-0.25, -0.2) is 17.2 Å². The summed E-state index contributed by atoms with van der Waals surface area (Å²) in [5.41, 5.74) is -1.27. The monoisotopic (exact) mass is 429 g/mol. The molecule has 2 rings (SSSR count). The molecule has 2 aromatic rings. The van der Waals surface area contributed by atoms with Gasteiger partial charge < -0.3 is 10.1 Å². The molecule has 0 unspecified atom stereocenters. The van der Waals surface area contributed by atoms with Gasteiger partial charge >= 0.3 is 5.69 Å². The third kappa shape index (κ3) is 4.84. The standard InChI is InChI=1S/C17H17F2N3O6S/c1-3-21(10-16(23)20-17-12(18)5-4-6-13(17)19)29(26,27)11-7-8-15(28-2)14(9-11)22(24)25/h4-9H,3,10H2,1-2H3,(H,20,23). The summed E-state index contributed by atoms with van der Waals surface area (Å²) in [7, 11) is -3.12. The van der Waals surface area contributed by atoms with Crippen LogP contribution in [0.4, 0.5) is 20.2 Å². The molecule has 1 N–H and O–H groups in total. The maximum absolute atomic E-state index is 13.7. The molecule has 156 valence electrons. The lowest BCUT2D eigenvalue weighted by Crippen LogP contribution is -2.38. The highest BCUT2D eigenvalue weighted by Crippen LogP contribution is 2.30. The zero-order valence-electron chi connectivity index (χ0n) is 15.4. The van der Waals surface area contributed by atoms with Crippen LogP contribution in [0.25, 0.3) is 0 Å². The van der Waals surface area contributed by atoms with Gasteiger partial charge in [0.15, 0.2) is 5.75 Å². The van der Waals surface area contributed by atoms with Gasteiger partial charge in [0.05, 0.1) is 23.5 Å². The van der Waals surface area contributed by atoms with Crippen molar-refractivity contribution in [1.82, 2.24) is 4.31 Å². The number of rotatable bonds is 8. The summed E-state index contributed by atoms with van der Waals surface area (Å²) >= 11 is 0. The average Bonchev–Trinajstić information content (AvgIpc) is 2.68. The number of methoxy groups -OCH3 is 1. The molecule has 0 aliphatic rings. The third-order valence-electron chi connectivity index (χ3n) is 3.88. The first-order chi connectivity index (χ1) is 13.6. The van der Waals surface area contributed by atoms with Crippen LogP contribution in [0.3, 0.4) is 0 Å². The number of hydrogen-bond donors (Lipinski definition) is 1. The first-order valence-corrected chi connectivity index (χ1v) is 9.62. The van der Waals surface area contributed by atoms with E-state index >= 15 is 0 Å². The van der Waals surface area contributed by atoms with Crippen molar-refractivity contribution in [2.24, 2.45) is 0 Å². The second-order valence-electron chi connectivity index (χ2n) is 5.67. The lowest BCUT2D eigenvalue weighted by Gasteiger charge is -2.20. The number of sulfonamides is 1. The van der Waals surface area contributed by atoms with E-state index in [1.165, 1.54) is 14.0 Å². The summed E-state index contributed by atoms with van der Waals surface area (Å²) < 4.78 is 58.4. The van der Waals surface area contributed by atoms with Crippen molar-refractivity contribution in [1.29, 1.82) is 0 Å². The molecule has 2 aromatic carbocycles. The summed E-state index contributed by atoms with van der Waals surface area (Å²) in [6.07, 6.45) is 0. The van der Waals surface area contributed by atoms with Crippen LogP contribution < -0.4 is 10.1 Å². The number of carbonyl (C=O) groups excluding carboxylic acids is 1. The fourth-order valence-corrected chi connectivity index (χ4v) is 3.87. The molecule has 1 amide bonds. The molecule has 0 aromatic heterocycles. The van der Waals surface area contributed by atoms with Crippen LogP contribution in [-0.4, -0.2) is 43.8 Å². The van der Waals surface area contributed by atoms with Gasteiger partial charge in [-0.05, 0) is 24.3 Å². The molecule has 0 heterocycles. The van der Waals surface area contributed by atoms with E-state index in [1.807, 2.05) is 5.32 Å². The number of nitrogens with one attached hydrogen (secondary N) is 1.